The molecule has 1 aromatic heterocycles. The number of hydrogen-bond acceptors (Lipinski definition) is 4. The second-order valence-electron chi connectivity index (χ2n) is 3.90. The lowest BCUT2D eigenvalue weighted by atomic mass is 10.2. The normalized spacial score (nSPS) is 10.8. The van der Waals surface area contributed by atoms with Crippen LogP contribution in [0, 0.1) is 0 Å². The number of benzene rings is 1. The van der Waals surface area contributed by atoms with Crippen molar-refractivity contribution in [1.82, 2.24) is 14.9 Å². The van der Waals surface area contributed by atoms with E-state index in [0.717, 1.165) is 0 Å². The van der Waals surface area contributed by atoms with Gasteiger partial charge >= 0.3 is 5.69 Å². The summed E-state index contributed by atoms with van der Waals surface area (Å²) in [6.45, 7) is 0.900. The van der Waals surface area contributed by atoms with Gasteiger partial charge in [-0.25, -0.2) is 4.79 Å². The van der Waals surface area contributed by atoms with Crippen LogP contribution in [0.1, 0.15) is 0 Å². The molecule has 0 aliphatic rings. The quantitative estimate of drug-likeness (QED) is 0.794. The molecular weight excluding hydrogens is 234 g/mol. The first kappa shape index (κ1) is 12.4. The van der Waals surface area contributed by atoms with Crippen LogP contribution < -0.4 is 21.3 Å². The van der Waals surface area contributed by atoms with E-state index < -0.39 is 5.69 Å². The van der Waals surface area contributed by atoms with Gasteiger partial charge in [0.1, 0.15) is 5.75 Å². The number of nitrogens with zero attached hydrogens (tertiary/aromatic N) is 1. The van der Waals surface area contributed by atoms with Crippen molar-refractivity contribution in [2.75, 3.05) is 20.7 Å². The molecule has 0 fully saturated rings. The largest absolute Gasteiger partial charge is 0.497 e. The molecule has 0 spiro atoms. The van der Waals surface area contributed by atoms with Gasteiger partial charge < -0.3 is 15.0 Å². The van der Waals surface area contributed by atoms with Crippen LogP contribution in [-0.2, 0) is 6.54 Å². The first-order valence-electron chi connectivity index (χ1n) is 5.63. The first-order chi connectivity index (χ1) is 8.67. The van der Waals surface area contributed by atoms with Gasteiger partial charge in [-0.3, -0.25) is 9.36 Å². The zero-order valence-corrected chi connectivity index (χ0v) is 10.3. The van der Waals surface area contributed by atoms with Crippen molar-refractivity contribution in [3.8, 4) is 5.75 Å². The molecule has 2 aromatic rings. The molecule has 0 unspecified atom stereocenters. The van der Waals surface area contributed by atoms with Gasteiger partial charge in [-0.1, -0.05) is 0 Å². The Morgan fingerprint density at radius 3 is 2.83 bits per heavy atom. The predicted molar refractivity (Wildman–Crippen MR) is 69.3 cm³/mol. The molecule has 0 amide bonds. The van der Waals surface area contributed by atoms with Gasteiger partial charge in [0.2, 0.25) is 0 Å². The highest BCUT2D eigenvalue weighted by Gasteiger charge is 2.07. The second-order valence-corrected chi connectivity index (χ2v) is 3.90. The maximum atomic E-state index is 12.1. The number of aromatic nitrogens is 2. The Bertz CT molecular complexity index is 672. The lowest BCUT2D eigenvalue weighted by molar-refractivity contribution is 0.415. The van der Waals surface area contributed by atoms with Gasteiger partial charge in [-0.2, -0.15) is 0 Å². The van der Waals surface area contributed by atoms with Crippen molar-refractivity contribution in [3.05, 3.63) is 39.0 Å². The molecule has 1 aromatic carbocycles. The molecule has 0 aliphatic heterocycles. The maximum Gasteiger partial charge on any atom is 0.328 e. The molecule has 18 heavy (non-hydrogen) atoms. The summed E-state index contributed by atoms with van der Waals surface area (Å²) in [7, 11) is 3.30. The summed E-state index contributed by atoms with van der Waals surface area (Å²) in [6.07, 6.45) is 0. The number of nitrogens with one attached hydrogen (secondary N) is 2. The summed E-state index contributed by atoms with van der Waals surface area (Å²) >= 11 is 0. The SMILES string of the molecule is CNCCn1c(=O)[nH]c2cc(OC)ccc2c1=O. The third-order valence-corrected chi connectivity index (χ3v) is 2.77. The van der Waals surface area contributed by atoms with Crippen LogP contribution in [0.3, 0.4) is 0 Å². The minimum absolute atomic E-state index is 0.286. The van der Waals surface area contributed by atoms with Crippen LogP contribution in [0.5, 0.6) is 5.75 Å². The average Bonchev–Trinajstić information content (AvgIpc) is 2.38. The van der Waals surface area contributed by atoms with E-state index in [4.69, 9.17) is 4.74 Å². The number of likely N-dealkylation sites (N-methyl/N-ethyl adjacent to an activating group) is 1. The first-order valence-corrected chi connectivity index (χ1v) is 5.63. The molecule has 1 heterocycles. The Hall–Kier alpha value is -2.08. The Kier molecular flexibility index (Phi) is 3.47. The minimum atomic E-state index is -0.406. The summed E-state index contributed by atoms with van der Waals surface area (Å²) in [4.78, 5) is 26.6. The molecule has 0 bridgehead atoms. The maximum absolute atomic E-state index is 12.1. The van der Waals surface area contributed by atoms with Crippen LogP contribution >= 0.6 is 0 Å². The van der Waals surface area contributed by atoms with E-state index in [-0.39, 0.29) is 5.56 Å². The van der Waals surface area contributed by atoms with E-state index in [0.29, 0.717) is 29.7 Å². The number of methoxy groups -OCH3 is 1. The van der Waals surface area contributed by atoms with E-state index in [1.54, 1.807) is 25.2 Å². The number of H-pyrrole nitrogens is 1. The zero-order chi connectivity index (χ0) is 13.1. The summed E-state index contributed by atoms with van der Waals surface area (Å²) in [5.74, 6) is 0.602. The van der Waals surface area contributed by atoms with Crippen LogP contribution in [0.2, 0.25) is 0 Å². The second kappa shape index (κ2) is 5.05. The van der Waals surface area contributed by atoms with Crippen LogP contribution in [0.15, 0.2) is 27.8 Å². The fourth-order valence-corrected chi connectivity index (χ4v) is 1.79. The van der Waals surface area contributed by atoms with Crippen LogP contribution in [0.25, 0.3) is 10.9 Å². The molecule has 0 saturated carbocycles. The zero-order valence-electron chi connectivity index (χ0n) is 10.3. The van der Waals surface area contributed by atoms with E-state index in [1.165, 1.54) is 11.7 Å². The number of ether oxygens (including phenoxy) is 1. The average molecular weight is 249 g/mol. The predicted octanol–water partition coefficient (Wildman–Crippen LogP) is -0.0822. The van der Waals surface area contributed by atoms with Gasteiger partial charge in [0.25, 0.3) is 5.56 Å². The molecule has 6 nitrogen and oxygen atoms in total. The molecule has 0 atom stereocenters. The number of aromatic amines is 1. The highest BCUT2D eigenvalue weighted by atomic mass is 16.5. The van der Waals surface area contributed by atoms with Gasteiger partial charge in [-0.15, -0.1) is 0 Å². The summed E-state index contributed by atoms with van der Waals surface area (Å²) in [6, 6.07) is 4.99. The fraction of sp³-hybridized carbons (Fsp3) is 0.333. The number of fused-ring (bicyclic) bond motifs is 1. The molecule has 2 N–H and O–H groups in total. The van der Waals surface area contributed by atoms with Crippen molar-refractivity contribution < 1.29 is 4.74 Å². The van der Waals surface area contributed by atoms with Crippen molar-refractivity contribution in [1.29, 1.82) is 0 Å². The van der Waals surface area contributed by atoms with Gasteiger partial charge in [0.15, 0.2) is 0 Å². The Balaban J connectivity index is 2.64. The highest BCUT2D eigenvalue weighted by molar-refractivity contribution is 5.78. The highest BCUT2D eigenvalue weighted by Crippen LogP contribution is 2.14. The lowest BCUT2D eigenvalue weighted by Crippen LogP contribution is -2.37. The number of hydrogen-bond donors (Lipinski definition) is 2. The van der Waals surface area contributed by atoms with E-state index in [2.05, 4.69) is 10.3 Å². The smallest absolute Gasteiger partial charge is 0.328 e. The van der Waals surface area contributed by atoms with Crippen molar-refractivity contribution >= 4 is 10.9 Å². The summed E-state index contributed by atoms with van der Waals surface area (Å²) in [5, 5.41) is 3.38. The molecular formula is C12H15N3O3. The fourth-order valence-electron chi connectivity index (χ4n) is 1.79. The summed E-state index contributed by atoms with van der Waals surface area (Å²) in [5.41, 5.74) is -0.201. The Labute approximate surface area is 103 Å². The Morgan fingerprint density at radius 1 is 1.39 bits per heavy atom. The van der Waals surface area contributed by atoms with Crippen molar-refractivity contribution in [2.24, 2.45) is 0 Å². The summed E-state index contributed by atoms with van der Waals surface area (Å²) < 4.78 is 6.24. The van der Waals surface area contributed by atoms with E-state index >= 15 is 0 Å². The molecule has 2 rings (SSSR count). The molecule has 6 heteroatoms. The van der Waals surface area contributed by atoms with Gasteiger partial charge in [0, 0.05) is 19.2 Å². The number of rotatable bonds is 4. The molecule has 0 saturated heterocycles. The van der Waals surface area contributed by atoms with Gasteiger partial charge in [0.05, 0.1) is 18.0 Å². The van der Waals surface area contributed by atoms with Gasteiger partial charge in [-0.05, 0) is 19.2 Å². The van der Waals surface area contributed by atoms with Crippen molar-refractivity contribution in [3.63, 3.8) is 0 Å². The van der Waals surface area contributed by atoms with Crippen LogP contribution in [-0.4, -0.2) is 30.3 Å². The standard InChI is InChI=1S/C12H15N3O3/c1-13-5-6-15-11(16)9-4-3-8(18-2)7-10(9)14-12(15)17/h3-4,7,13H,5-6H2,1-2H3,(H,14,17). The lowest BCUT2D eigenvalue weighted by Gasteiger charge is -2.07. The third kappa shape index (κ3) is 2.14. The van der Waals surface area contributed by atoms with E-state index in [1.807, 2.05) is 0 Å². The molecule has 0 aliphatic carbocycles. The molecule has 96 valence electrons. The topological polar surface area (TPSA) is 76.1 Å². The van der Waals surface area contributed by atoms with E-state index in [9.17, 15) is 9.59 Å². The van der Waals surface area contributed by atoms with Crippen molar-refractivity contribution in [2.45, 2.75) is 6.54 Å². The minimum Gasteiger partial charge on any atom is -0.497 e. The molecule has 0 radical (unpaired) electrons. The van der Waals surface area contributed by atoms with Crippen LogP contribution in [0.4, 0.5) is 0 Å². The third-order valence-electron chi connectivity index (χ3n) is 2.77. The Morgan fingerprint density at radius 2 is 2.17 bits per heavy atom. The monoisotopic (exact) mass is 249 g/mol.